The zero-order valence-corrected chi connectivity index (χ0v) is 22.2. The topological polar surface area (TPSA) is 79.0 Å². The molecule has 0 aliphatic carbocycles. The molecule has 3 heterocycles. The second kappa shape index (κ2) is 11.7. The van der Waals surface area contributed by atoms with Gasteiger partial charge in [-0.15, -0.1) is 11.8 Å². The molecule has 5 rings (SSSR count). The standard InChI is InChI=1S/C27H30N6OS2/c1-19-17-23(32-31-19)28-25-24(34-2)26(33-15-7-4-8-16-33)30-27(29-25)36-22-13-11-21(12-14-22)35-18-20-9-5-3-6-10-20/h3,5-6,9-14,17H,4,7-8,15-16,18H2,1-2H3,(H2,28,29,30,31,32). The molecule has 0 amide bonds. The Morgan fingerprint density at radius 1 is 0.972 bits per heavy atom. The lowest BCUT2D eigenvalue weighted by molar-refractivity contribution is 0.409. The number of anilines is 3. The molecule has 0 spiro atoms. The summed E-state index contributed by atoms with van der Waals surface area (Å²) in [6.07, 6.45) is 3.55. The number of thioether (sulfide) groups is 1. The fourth-order valence-corrected chi connectivity index (χ4v) is 5.72. The van der Waals surface area contributed by atoms with Crippen LogP contribution in [0.2, 0.25) is 0 Å². The lowest BCUT2D eigenvalue weighted by Crippen LogP contribution is -2.31. The van der Waals surface area contributed by atoms with Crippen molar-refractivity contribution in [2.75, 3.05) is 30.4 Å². The van der Waals surface area contributed by atoms with Crippen LogP contribution in [0.15, 0.2) is 75.6 Å². The molecule has 186 valence electrons. The summed E-state index contributed by atoms with van der Waals surface area (Å²) in [7, 11) is 1.67. The molecule has 0 atom stereocenters. The van der Waals surface area contributed by atoms with Crippen molar-refractivity contribution in [3.8, 4) is 5.75 Å². The first kappa shape index (κ1) is 24.5. The van der Waals surface area contributed by atoms with Crippen molar-refractivity contribution in [3.63, 3.8) is 0 Å². The number of rotatable bonds is 9. The van der Waals surface area contributed by atoms with E-state index >= 15 is 0 Å². The number of nitrogens with one attached hydrogen (secondary N) is 2. The molecule has 0 bridgehead atoms. The fourth-order valence-electron chi connectivity index (χ4n) is 4.11. The highest BCUT2D eigenvalue weighted by Gasteiger charge is 2.23. The van der Waals surface area contributed by atoms with Crippen LogP contribution < -0.4 is 15.0 Å². The molecule has 0 radical (unpaired) electrons. The number of aromatic nitrogens is 4. The number of benzene rings is 2. The first-order valence-corrected chi connectivity index (χ1v) is 13.9. The number of nitrogens with zero attached hydrogens (tertiary/aromatic N) is 4. The van der Waals surface area contributed by atoms with Crippen LogP contribution in [0.1, 0.15) is 30.5 Å². The number of H-pyrrole nitrogens is 1. The summed E-state index contributed by atoms with van der Waals surface area (Å²) in [6, 6.07) is 21.1. The molecule has 7 nitrogen and oxygen atoms in total. The van der Waals surface area contributed by atoms with Crippen molar-refractivity contribution in [3.05, 3.63) is 71.9 Å². The molecule has 4 aromatic rings. The van der Waals surface area contributed by atoms with Gasteiger partial charge in [0.1, 0.15) is 0 Å². The van der Waals surface area contributed by atoms with Gasteiger partial charge in [-0.3, -0.25) is 5.10 Å². The van der Waals surface area contributed by atoms with Crippen molar-refractivity contribution >= 4 is 41.0 Å². The Balaban J connectivity index is 1.38. The Morgan fingerprint density at radius 3 is 2.42 bits per heavy atom. The van der Waals surface area contributed by atoms with Crippen LogP contribution in [0, 0.1) is 6.92 Å². The molecule has 36 heavy (non-hydrogen) atoms. The summed E-state index contributed by atoms with van der Waals surface area (Å²) >= 11 is 3.39. The largest absolute Gasteiger partial charge is 0.490 e. The van der Waals surface area contributed by atoms with Gasteiger partial charge in [-0.2, -0.15) is 5.10 Å². The summed E-state index contributed by atoms with van der Waals surface area (Å²) in [5, 5.41) is 11.3. The molecule has 0 saturated carbocycles. The average molecular weight is 519 g/mol. The highest BCUT2D eigenvalue weighted by atomic mass is 32.2. The van der Waals surface area contributed by atoms with E-state index in [0.29, 0.717) is 22.5 Å². The lowest BCUT2D eigenvalue weighted by atomic mass is 10.1. The first-order chi connectivity index (χ1) is 17.7. The Bertz CT molecular complexity index is 1270. The van der Waals surface area contributed by atoms with Crippen molar-refractivity contribution in [2.45, 2.75) is 46.9 Å². The van der Waals surface area contributed by atoms with E-state index in [1.165, 1.54) is 16.9 Å². The number of hydrogen-bond donors (Lipinski definition) is 2. The predicted octanol–water partition coefficient (Wildman–Crippen LogP) is 6.69. The third-order valence-electron chi connectivity index (χ3n) is 5.92. The number of aromatic amines is 1. The van der Waals surface area contributed by atoms with Crippen LogP contribution in [0.5, 0.6) is 5.75 Å². The van der Waals surface area contributed by atoms with Crippen molar-refractivity contribution in [1.82, 2.24) is 20.2 Å². The molecule has 0 unspecified atom stereocenters. The van der Waals surface area contributed by atoms with E-state index < -0.39 is 0 Å². The van der Waals surface area contributed by atoms with Gasteiger partial charge in [0.2, 0.25) is 5.75 Å². The van der Waals surface area contributed by atoms with Crippen LogP contribution >= 0.6 is 23.5 Å². The van der Waals surface area contributed by atoms with Crippen molar-refractivity contribution < 1.29 is 4.74 Å². The van der Waals surface area contributed by atoms with E-state index in [4.69, 9.17) is 14.7 Å². The summed E-state index contributed by atoms with van der Waals surface area (Å²) in [5.74, 6) is 3.76. The maximum absolute atomic E-state index is 5.81. The molecule has 1 saturated heterocycles. The highest BCUT2D eigenvalue weighted by molar-refractivity contribution is 7.99. The summed E-state index contributed by atoms with van der Waals surface area (Å²) in [5.41, 5.74) is 2.30. The minimum absolute atomic E-state index is 0.622. The van der Waals surface area contributed by atoms with Gasteiger partial charge in [0.25, 0.3) is 0 Å². The van der Waals surface area contributed by atoms with E-state index in [0.717, 1.165) is 48.1 Å². The van der Waals surface area contributed by atoms with E-state index in [2.05, 4.69) is 75.0 Å². The number of methoxy groups -OCH3 is 1. The van der Waals surface area contributed by atoms with Crippen molar-refractivity contribution in [1.29, 1.82) is 0 Å². The van der Waals surface area contributed by atoms with Gasteiger partial charge in [-0.25, -0.2) is 9.97 Å². The third kappa shape index (κ3) is 6.14. The minimum Gasteiger partial charge on any atom is -0.490 e. The second-order valence-corrected chi connectivity index (χ2v) is 10.8. The van der Waals surface area contributed by atoms with Gasteiger partial charge < -0.3 is 15.0 Å². The van der Waals surface area contributed by atoms with E-state index in [1.54, 1.807) is 18.9 Å². The van der Waals surface area contributed by atoms with Crippen LogP contribution in [0.3, 0.4) is 0 Å². The zero-order valence-electron chi connectivity index (χ0n) is 20.5. The van der Waals surface area contributed by atoms with Gasteiger partial charge in [0, 0.05) is 40.4 Å². The summed E-state index contributed by atoms with van der Waals surface area (Å²) < 4.78 is 5.81. The van der Waals surface area contributed by atoms with E-state index in [-0.39, 0.29) is 0 Å². The minimum atomic E-state index is 0.622. The third-order valence-corrected chi connectivity index (χ3v) is 7.88. The molecule has 2 aromatic carbocycles. The number of aryl methyl sites for hydroxylation is 1. The van der Waals surface area contributed by atoms with Gasteiger partial charge in [-0.05, 0) is 67.8 Å². The molecule has 1 fully saturated rings. The SMILES string of the molecule is COc1c(Nc2cc(C)[nH]n2)nc(Sc2ccc(SCc3ccccc3)cc2)nc1N1CCCCC1. The van der Waals surface area contributed by atoms with Crippen molar-refractivity contribution in [2.24, 2.45) is 0 Å². The molecule has 1 aliphatic heterocycles. The van der Waals surface area contributed by atoms with Gasteiger partial charge in [0.15, 0.2) is 22.6 Å². The predicted molar refractivity (Wildman–Crippen MR) is 148 cm³/mol. The quantitative estimate of drug-likeness (QED) is 0.187. The normalized spacial score (nSPS) is 13.6. The zero-order chi connectivity index (χ0) is 24.7. The monoisotopic (exact) mass is 518 g/mol. The van der Waals surface area contributed by atoms with E-state index in [1.807, 2.05) is 24.8 Å². The summed E-state index contributed by atoms with van der Waals surface area (Å²) in [4.78, 5) is 14.4. The molecule has 9 heteroatoms. The molecule has 2 aromatic heterocycles. The van der Waals surface area contributed by atoms with Crippen LogP contribution in [-0.2, 0) is 5.75 Å². The number of ether oxygens (including phenoxy) is 1. The van der Waals surface area contributed by atoms with E-state index in [9.17, 15) is 0 Å². The maximum Gasteiger partial charge on any atom is 0.204 e. The van der Waals surface area contributed by atoms with Crippen LogP contribution in [-0.4, -0.2) is 40.4 Å². The molecular formula is C27H30N6OS2. The van der Waals surface area contributed by atoms with Gasteiger partial charge in [-0.1, -0.05) is 30.3 Å². The van der Waals surface area contributed by atoms with Gasteiger partial charge in [0.05, 0.1) is 7.11 Å². The Kier molecular flexibility index (Phi) is 7.98. The first-order valence-electron chi connectivity index (χ1n) is 12.1. The molecule has 1 aliphatic rings. The highest BCUT2D eigenvalue weighted by Crippen LogP contribution is 2.39. The second-order valence-electron chi connectivity index (χ2n) is 8.67. The Hall–Kier alpha value is -3.17. The summed E-state index contributed by atoms with van der Waals surface area (Å²) in [6.45, 7) is 3.90. The lowest BCUT2D eigenvalue weighted by Gasteiger charge is -2.29. The molecular weight excluding hydrogens is 488 g/mol. The Morgan fingerprint density at radius 2 is 1.72 bits per heavy atom. The molecule has 2 N–H and O–H groups in total. The maximum atomic E-state index is 5.81. The Labute approximate surface area is 220 Å². The average Bonchev–Trinajstić information content (AvgIpc) is 3.33. The number of piperidine rings is 1. The van der Waals surface area contributed by atoms with Crippen LogP contribution in [0.25, 0.3) is 0 Å². The fraction of sp³-hybridized carbons (Fsp3) is 0.296. The van der Waals surface area contributed by atoms with Gasteiger partial charge >= 0.3 is 0 Å². The smallest absolute Gasteiger partial charge is 0.204 e. The van der Waals surface area contributed by atoms with Crippen LogP contribution in [0.4, 0.5) is 17.5 Å². The number of hydrogen-bond acceptors (Lipinski definition) is 8.